The van der Waals surface area contributed by atoms with Crippen LogP contribution >= 0.6 is 0 Å². The van der Waals surface area contributed by atoms with Crippen molar-refractivity contribution in [1.82, 2.24) is 26.4 Å². The maximum atomic E-state index is 11.7. The van der Waals surface area contributed by atoms with Crippen molar-refractivity contribution < 1.29 is 4.79 Å². The monoisotopic (exact) mass is 289 g/mol. The molecule has 0 aromatic heterocycles. The summed E-state index contributed by atoms with van der Waals surface area (Å²) in [6.45, 7) is 5.17. The van der Waals surface area contributed by atoms with Gasteiger partial charge in [0.05, 0.1) is 6.04 Å². The van der Waals surface area contributed by atoms with Gasteiger partial charge in [0, 0.05) is 39.3 Å². The van der Waals surface area contributed by atoms with Crippen molar-refractivity contribution in [1.29, 1.82) is 0 Å². The molecule has 1 aromatic rings. The molecule has 0 spiro atoms. The number of rotatable bonds is 4. The molecule has 4 N–H and O–H groups in total. The molecule has 1 saturated heterocycles. The first-order valence-electron chi connectivity index (χ1n) is 7.60. The highest BCUT2D eigenvalue weighted by Gasteiger charge is 2.17. The number of benzene rings is 1. The van der Waals surface area contributed by atoms with Crippen molar-refractivity contribution >= 4 is 6.03 Å². The second kappa shape index (κ2) is 6.89. The van der Waals surface area contributed by atoms with Gasteiger partial charge >= 0.3 is 6.03 Å². The van der Waals surface area contributed by atoms with Crippen LogP contribution < -0.4 is 21.5 Å². The fraction of sp³-hybridized carbons (Fsp3) is 0.533. The third-order valence-corrected chi connectivity index (χ3v) is 4.08. The summed E-state index contributed by atoms with van der Waals surface area (Å²) < 4.78 is 0. The van der Waals surface area contributed by atoms with Gasteiger partial charge in [-0.1, -0.05) is 24.3 Å². The SMILES string of the molecule is O=C(NCCN1CCc2ccccc2C1)NC1CNNC1. The lowest BCUT2D eigenvalue weighted by Crippen LogP contribution is -2.46. The summed E-state index contributed by atoms with van der Waals surface area (Å²) >= 11 is 0. The molecule has 0 saturated carbocycles. The van der Waals surface area contributed by atoms with Crippen LogP contribution in [0.15, 0.2) is 24.3 Å². The summed E-state index contributed by atoms with van der Waals surface area (Å²) in [6.07, 6.45) is 1.10. The Labute approximate surface area is 125 Å². The smallest absolute Gasteiger partial charge is 0.315 e. The largest absolute Gasteiger partial charge is 0.337 e. The third-order valence-electron chi connectivity index (χ3n) is 4.08. The molecule has 1 fully saturated rings. The second-order valence-electron chi connectivity index (χ2n) is 5.65. The first-order valence-corrected chi connectivity index (χ1v) is 7.60. The number of fused-ring (bicyclic) bond motifs is 1. The zero-order valence-corrected chi connectivity index (χ0v) is 12.2. The molecular weight excluding hydrogens is 266 g/mol. The van der Waals surface area contributed by atoms with Gasteiger partial charge in [0.1, 0.15) is 0 Å². The number of hydrazine groups is 1. The Morgan fingerprint density at radius 2 is 2.00 bits per heavy atom. The lowest BCUT2D eigenvalue weighted by atomic mass is 10.00. The molecule has 2 aliphatic heterocycles. The molecule has 1 aromatic carbocycles. The number of carbonyl (C=O) groups is 1. The number of carbonyl (C=O) groups excluding carboxylic acids is 1. The Balaban J connectivity index is 1.37. The van der Waals surface area contributed by atoms with E-state index in [0.29, 0.717) is 6.54 Å². The summed E-state index contributed by atoms with van der Waals surface area (Å²) in [4.78, 5) is 14.1. The summed E-state index contributed by atoms with van der Waals surface area (Å²) in [5, 5.41) is 5.87. The highest BCUT2D eigenvalue weighted by molar-refractivity contribution is 5.74. The normalized spacial score (nSPS) is 19.2. The van der Waals surface area contributed by atoms with Gasteiger partial charge in [0.2, 0.25) is 0 Å². The fourth-order valence-electron chi connectivity index (χ4n) is 2.87. The van der Waals surface area contributed by atoms with Crippen molar-refractivity contribution in [3.05, 3.63) is 35.4 Å². The highest BCUT2D eigenvalue weighted by Crippen LogP contribution is 2.17. The quantitative estimate of drug-likeness (QED) is 0.621. The lowest BCUT2D eigenvalue weighted by Gasteiger charge is -2.28. The summed E-state index contributed by atoms with van der Waals surface area (Å²) in [6, 6.07) is 8.70. The molecule has 0 unspecified atom stereocenters. The Bertz CT molecular complexity index is 487. The van der Waals surface area contributed by atoms with Gasteiger partial charge in [-0.25, -0.2) is 4.79 Å². The average molecular weight is 289 g/mol. The molecule has 0 radical (unpaired) electrons. The van der Waals surface area contributed by atoms with Crippen LogP contribution in [0, 0.1) is 0 Å². The topological polar surface area (TPSA) is 68.4 Å². The number of hydrogen-bond acceptors (Lipinski definition) is 4. The first kappa shape index (κ1) is 14.3. The van der Waals surface area contributed by atoms with E-state index in [0.717, 1.165) is 39.1 Å². The molecular formula is C15H23N5O. The molecule has 0 aliphatic carbocycles. The number of hydrogen-bond donors (Lipinski definition) is 4. The number of nitrogens with zero attached hydrogens (tertiary/aromatic N) is 1. The third kappa shape index (κ3) is 3.93. The molecule has 0 bridgehead atoms. The van der Waals surface area contributed by atoms with Crippen molar-refractivity contribution in [2.45, 2.75) is 19.0 Å². The first-order chi connectivity index (χ1) is 10.3. The summed E-state index contributed by atoms with van der Waals surface area (Å²) in [5.74, 6) is 0. The van der Waals surface area contributed by atoms with Gasteiger partial charge in [-0.3, -0.25) is 15.8 Å². The van der Waals surface area contributed by atoms with Gasteiger partial charge in [0.25, 0.3) is 0 Å². The van der Waals surface area contributed by atoms with Crippen LogP contribution in [0.25, 0.3) is 0 Å². The molecule has 2 heterocycles. The molecule has 0 atom stereocenters. The van der Waals surface area contributed by atoms with E-state index in [4.69, 9.17) is 0 Å². The Morgan fingerprint density at radius 1 is 1.24 bits per heavy atom. The van der Waals surface area contributed by atoms with Crippen LogP contribution in [-0.4, -0.2) is 49.7 Å². The summed E-state index contributed by atoms with van der Waals surface area (Å²) in [5.41, 5.74) is 8.86. The van der Waals surface area contributed by atoms with Crippen LogP contribution in [0.2, 0.25) is 0 Å². The maximum absolute atomic E-state index is 11.7. The molecule has 21 heavy (non-hydrogen) atoms. The number of amides is 2. The van der Waals surface area contributed by atoms with Crippen LogP contribution in [0.5, 0.6) is 0 Å². The lowest BCUT2D eigenvalue weighted by molar-refractivity contribution is 0.228. The summed E-state index contributed by atoms with van der Waals surface area (Å²) in [7, 11) is 0. The van der Waals surface area contributed by atoms with Gasteiger partial charge < -0.3 is 10.6 Å². The second-order valence-corrected chi connectivity index (χ2v) is 5.65. The van der Waals surface area contributed by atoms with E-state index < -0.39 is 0 Å². The van der Waals surface area contributed by atoms with E-state index in [9.17, 15) is 4.79 Å². The van der Waals surface area contributed by atoms with Crippen molar-refractivity contribution in [2.24, 2.45) is 0 Å². The molecule has 2 aliphatic rings. The fourth-order valence-corrected chi connectivity index (χ4v) is 2.87. The van der Waals surface area contributed by atoms with Gasteiger partial charge in [-0.15, -0.1) is 0 Å². The van der Waals surface area contributed by atoms with Crippen LogP contribution in [0.4, 0.5) is 4.79 Å². The van der Waals surface area contributed by atoms with Gasteiger partial charge in [-0.05, 0) is 17.5 Å². The standard InChI is InChI=1S/C15H23N5O/c21-15(19-14-9-17-18-10-14)16-6-8-20-7-5-12-3-1-2-4-13(12)11-20/h1-4,14,17-18H,5-11H2,(H2,16,19,21). The van der Waals surface area contributed by atoms with E-state index in [-0.39, 0.29) is 12.1 Å². The minimum atomic E-state index is -0.0806. The Kier molecular flexibility index (Phi) is 4.69. The molecule has 2 amide bonds. The van der Waals surface area contributed by atoms with Gasteiger partial charge in [-0.2, -0.15) is 0 Å². The van der Waals surface area contributed by atoms with Crippen LogP contribution in [-0.2, 0) is 13.0 Å². The maximum Gasteiger partial charge on any atom is 0.315 e. The molecule has 3 rings (SSSR count). The van der Waals surface area contributed by atoms with Crippen molar-refractivity contribution in [2.75, 3.05) is 32.7 Å². The van der Waals surface area contributed by atoms with E-state index in [1.807, 2.05) is 0 Å². The van der Waals surface area contributed by atoms with Gasteiger partial charge in [0.15, 0.2) is 0 Å². The van der Waals surface area contributed by atoms with E-state index in [2.05, 4.69) is 50.7 Å². The van der Waals surface area contributed by atoms with E-state index in [1.54, 1.807) is 0 Å². The zero-order chi connectivity index (χ0) is 14.5. The minimum Gasteiger partial charge on any atom is -0.337 e. The van der Waals surface area contributed by atoms with Crippen molar-refractivity contribution in [3.63, 3.8) is 0 Å². The van der Waals surface area contributed by atoms with Crippen LogP contribution in [0.3, 0.4) is 0 Å². The number of nitrogens with one attached hydrogen (secondary N) is 4. The Hall–Kier alpha value is -1.63. The minimum absolute atomic E-state index is 0.0806. The Morgan fingerprint density at radius 3 is 2.81 bits per heavy atom. The van der Waals surface area contributed by atoms with E-state index >= 15 is 0 Å². The van der Waals surface area contributed by atoms with Crippen LogP contribution in [0.1, 0.15) is 11.1 Å². The molecule has 6 nitrogen and oxygen atoms in total. The zero-order valence-electron chi connectivity index (χ0n) is 12.2. The van der Waals surface area contributed by atoms with E-state index in [1.165, 1.54) is 11.1 Å². The molecule has 114 valence electrons. The predicted octanol–water partition coefficient (Wildman–Crippen LogP) is -0.180. The highest BCUT2D eigenvalue weighted by atomic mass is 16.2. The predicted molar refractivity (Wildman–Crippen MR) is 81.8 cm³/mol. The molecule has 6 heteroatoms. The number of urea groups is 1. The van der Waals surface area contributed by atoms with Crippen molar-refractivity contribution in [3.8, 4) is 0 Å². The average Bonchev–Trinajstić information content (AvgIpc) is 3.00.